The Morgan fingerprint density at radius 1 is 0.870 bits per heavy atom. The van der Waals surface area contributed by atoms with E-state index in [0.717, 1.165) is 24.4 Å². The number of ether oxygens (including phenoxy) is 1. The molecule has 2 aliphatic carbocycles. The molecule has 2 unspecified atom stereocenters. The van der Waals surface area contributed by atoms with Gasteiger partial charge in [0, 0.05) is 13.1 Å². The van der Waals surface area contributed by atoms with Crippen molar-refractivity contribution in [1.29, 1.82) is 0 Å². The maximum atomic E-state index is 6.24. The largest absolute Gasteiger partial charge is 0.377 e. The van der Waals surface area contributed by atoms with Crippen molar-refractivity contribution in [2.75, 3.05) is 26.2 Å². The monoisotopic (exact) mass is 321 g/mol. The fourth-order valence-corrected chi connectivity index (χ4v) is 5.32. The molecule has 0 amide bonds. The van der Waals surface area contributed by atoms with E-state index in [1.165, 1.54) is 77.4 Å². The van der Waals surface area contributed by atoms with Gasteiger partial charge in [0.1, 0.15) is 0 Å². The summed E-state index contributed by atoms with van der Waals surface area (Å²) in [7, 11) is 0. The Kier molecular flexibility index (Phi) is 6.07. The highest BCUT2D eigenvalue weighted by atomic mass is 16.5. The lowest BCUT2D eigenvalue weighted by Gasteiger charge is -2.41. The Morgan fingerprint density at radius 2 is 1.57 bits per heavy atom. The maximum Gasteiger partial charge on any atom is 0.0597 e. The summed E-state index contributed by atoms with van der Waals surface area (Å²) in [6, 6.07) is 0. The van der Waals surface area contributed by atoms with Gasteiger partial charge in [0.25, 0.3) is 0 Å². The van der Waals surface area contributed by atoms with E-state index in [1.54, 1.807) is 0 Å². The molecule has 0 radical (unpaired) electrons. The van der Waals surface area contributed by atoms with E-state index in [1.807, 2.05) is 0 Å². The first kappa shape index (κ1) is 17.7. The Hall–Kier alpha value is -0.0800. The molecule has 0 bridgehead atoms. The summed E-state index contributed by atoms with van der Waals surface area (Å²) < 4.78 is 6.24. The van der Waals surface area contributed by atoms with E-state index >= 15 is 0 Å². The van der Waals surface area contributed by atoms with Crippen LogP contribution in [0.4, 0.5) is 0 Å². The normalized spacial score (nSPS) is 36.7. The van der Waals surface area contributed by atoms with E-state index in [9.17, 15) is 0 Å². The summed E-state index contributed by atoms with van der Waals surface area (Å²) in [5.41, 5.74) is 0.481. The van der Waals surface area contributed by atoms with Crippen LogP contribution in [0.1, 0.15) is 78.6 Å². The minimum atomic E-state index is 0.481. The summed E-state index contributed by atoms with van der Waals surface area (Å²) in [6.07, 6.45) is 13.2. The Labute approximate surface area is 144 Å². The molecule has 0 aromatic heterocycles. The molecule has 2 saturated carbocycles. The summed E-state index contributed by atoms with van der Waals surface area (Å²) in [5, 5.41) is 0. The lowest BCUT2D eigenvalue weighted by atomic mass is 9.72. The second kappa shape index (κ2) is 7.87. The zero-order chi connectivity index (χ0) is 16.3. The molecule has 0 aromatic rings. The van der Waals surface area contributed by atoms with Gasteiger partial charge in [-0.05, 0) is 68.2 Å². The van der Waals surface area contributed by atoms with Crippen LogP contribution in [0, 0.1) is 23.2 Å². The van der Waals surface area contributed by atoms with Crippen molar-refractivity contribution < 1.29 is 4.74 Å². The van der Waals surface area contributed by atoms with Crippen LogP contribution >= 0.6 is 0 Å². The smallest absolute Gasteiger partial charge is 0.0597 e. The molecule has 2 nitrogen and oxygen atoms in total. The van der Waals surface area contributed by atoms with E-state index < -0.39 is 0 Å². The van der Waals surface area contributed by atoms with Gasteiger partial charge in [-0.3, -0.25) is 0 Å². The Morgan fingerprint density at radius 3 is 2.26 bits per heavy atom. The molecule has 0 aromatic carbocycles. The third kappa shape index (κ3) is 4.95. The zero-order valence-electron chi connectivity index (χ0n) is 15.9. The van der Waals surface area contributed by atoms with Gasteiger partial charge in [0.05, 0.1) is 12.7 Å². The van der Waals surface area contributed by atoms with E-state index in [-0.39, 0.29) is 0 Å². The van der Waals surface area contributed by atoms with Crippen LogP contribution in [0.15, 0.2) is 0 Å². The average molecular weight is 322 g/mol. The van der Waals surface area contributed by atoms with Crippen LogP contribution in [0.25, 0.3) is 0 Å². The molecular formula is C21H39NO. The fourth-order valence-electron chi connectivity index (χ4n) is 5.32. The van der Waals surface area contributed by atoms with Crippen molar-refractivity contribution in [3.8, 4) is 0 Å². The summed E-state index contributed by atoms with van der Waals surface area (Å²) >= 11 is 0. The van der Waals surface area contributed by atoms with Crippen LogP contribution < -0.4 is 0 Å². The molecule has 1 aliphatic heterocycles. The predicted molar refractivity (Wildman–Crippen MR) is 97.7 cm³/mol. The first-order chi connectivity index (χ1) is 11.0. The highest BCUT2D eigenvalue weighted by molar-refractivity contribution is 4.84. The molecule has 1 heterocycles. The molecule has 3 fully saturated rings. The van der Waals surface area contributed by atoms with Crippen molar-refractivity contribution in [2.24, 2.45) is 23.2 Å². The lowest BCUT2D eigenvalue weighted by molar-refractivity contribution is -0.0136. The predicted octanol–water partition coefficient (Wildman–Crippen LogP) is 5.12. The van der Waals surface area contributed by atoms with Gasteiger partial charge in [-0.1, -0.05) is 40.0 Å². The molecule has 1 saturated heterocycles. The molecule has 2 heteroatoms. The molecular weight excluding hydrogens is 282 g/mol. The second-order valence-electron chi connectivity index (χ2n) is 9.60. The molecule has 3 aliphatic rings. The first-order valence-electron chi connectivity index (χ1n) is 10.4. The van der Waals surface area contributed by atoms with Gasteiger partial charge in [0.2, 0.25) is 0 Å². The molecule has 2 atom stereocenters. The summed E-state index contributed by atoms with van der Waals surface area (Å²) in [6.45, 7) is 12.0. The van der Waals surface area contributed by atoms with Gasteiger partial charge in [-0.25, -0.2) is 0 Å². The fraction of sp³-hybridized carbons (Fsp3) is 1.00. The number of piperidine rings is 1. The summed E-state index contributed by atoms with van der Waals surface area (Å²) in [5.74, 6) is 2.95. The third-order valence-corrected chi connectivity index (χ3v) is 7.04. The molecule has 0 N–H and O–H groups in total. The number of fused-ring (bicyclic) bond motifs is 1. The highest BCUT2D eigenvalue weighted by Crippen LogP contribution is 2.39. The van der Waals surface area contributed by atoms with Gasteiger partial charge in [-0.2, -0.15) is 0 Å². The molecule has 134 valence electrons. The summed E-state index contributed by atoms with van der Waals surface area (Å²) in [4.78, 5) is 2.69. The average Bonchev–Trinajstić information content (AvgIpc) is 2.54. The minimum absolute atomic E-state index is 0.481. The standard InChI is InChI=1S/C21H39NO/c1-21(2,3)19-8-10-20(11-9-19)23-15-14-22-13-12-17-6-4-5-7-18(17)16-22/h17-20H,4-16H2,1-3H3. The SMILES string of the molecule is CC(C)(C)C1CCC(OCCN2CCC3CCCCC3C2)CC1. The van der Waals surface area contributed by atoms with Crippen molar-refractivity contribution in [1.82, 2.24) is 4.90 Å². The number of nitrogens with zero attached hydrogens (tertiary/aromatic N) is 1. The number of hydrogen-bond donors (Lipinski definition) is 0. The van der Waals surface area contributed by atoms with Crippen LogP contribution in [0.2, 0.25) is 0 Å². The number of likely N-dealkylation sites (tertiary alicyclic amines) is 1. The maximum absolute atomic E-state index is 6.24. The topological polar surface area (TPSA) is 12.5 Å². The van der Waals surface area contributed by atoms with Crippen LogP contribution in [-0.4, -0.2) is 37.2 Å². The lowest BCUT2D eigenvalue weighted by Crippen LogP contribution is -2.43. The van der Waals surface area contributed by atoms with Crippen molar-refractivity contribution in [2.45, 2.75) is 84.7 Å². The zero-order valence-corrected chi connectivity index (χ0v) is 15.9. The third-order valence-electron chi connectivity index (χ3n) is 7.04. The van der Waals surface area contributed by atoms with E-state index in [4.69, 9.17) is 4.74 Å². The van der Waals surface area contributed by atoms with Gasteiger partial charge >= 0.3 is 0 Å². The van der Waals surface area contributed by atoms with Crippen molar-refractivity contribution >= 4 is 0 Å². The molecule has 23 heavy (non-hydrogen) atoms. The van der Waals surface area contributed by atoms with Crippen molar-refractivity contribution in [3.05, 3.63) is 0 Å². The number of hydrogen-bond acceptors (Lipinski definition) is 2. The van der Waals surface area contributed by atoms with Crippen molar-refractivity contribution in [3.63, 3.8) is 0 Å². The van der Waals surface area contributed by atoms with Gasteiger partial charge in [0.15, 0.2) is 0 Å². The Balaban J connectivity index is 1.31. The van der Waals surface area contributed by atoms with Crippen LogP contribution in [0.3, 0.4) is 0 Å². The van der Waals surface area contributed by atoms with Crippen LogP contribution in [-0.2, 0) is 4.74 Å². The Bertz CT molecular complexity index is 353. The number of rotatable bonds is 4. The minimum Gasteiger partial charge on any atom is -0.377 e. The van der Waals surface area contributed by atoms with E-state index in [0.29, 0.717) is 11.5 Å². The highest BCUT2D eigenvalue weighted by Gasteiger charge is 2.32. The van der Waals surface area contributed by atoms with E-state index in [2.05, 4.69) is 25.7 Å². The van der Waals surface area contributed by atoms with Crippen LogP contribution in [0.5, 0.6) is 0 Å². The molecule has 3 rings (SSSR count). The van der Waals surface area contributed by atoms with Gasteiger partial charge < -0.3 is 9.64 Å². The molecule has 0 spiro atoms. The van der Waals surface area contributed by atoms with Gasteiger partial charge in [-0.15, -0.1) is 0 Å². The quantitative estimate of drug-likeness (QED) is 0.712. The second-order valence-corrected chi connectivity index (χ2v) is 9.60. The first-order valence-corrected chi connectivity index (χ1v) is 10.4.